The fourth-order valence-corrected chi connectivity index (χ4v) is 1.25. The third kappa shape index (κ3) is 2.20. The normalized spacial score (nSPS) is 15.4. The summed E-state index contributed by atoms with van der Waals surface area (Å²) >= 11 is 0. The van der Waals surface area contributed by atoms with Crippen LogP contribution in [0, 0.1) is 6.92 Å². The van der Waals surface area contributed by atoms with Crippen molar-refractivity contribution >= 4 is 5.69 Å². The number of hydrogen-bond acceptors (Lipinski definition) is 3. The van der Waals surface area contributed by atoms with E-state index in [1.165, 1.54) is 0 Å². The molecule has 0 amide bonds. The lowest BCUT2D eigenvalue weighted by molar-refractivity contribution is 0.154. The molecule has 0 aliphatic rings. The van der Waals surface area contributed by atoms with E-state index in [1.807, 2.05) is 25.1 Å². The van der Waals surface area contributed by atoms with Gasteiger partial charge in [0.05, 0.1) is 6.10 Å². The van der Waals surface area contributed by atoms with Gasteiger partial charge in [-0.15, -0.1) is 0 Å². The highest BCUT2D eigenvalue weighted by Crippen LogP contribution is 2.22. The molecule has 1 rings (SSSR count). The van der Waals surface area contributed by atoms with E-state index in [9.17, 15) is 5.11 Å². The Morgan fingerprint density at radius 1 is 1.38 bits per heavy atom. The van der Waals surface area contributed by atoms with E-state index in [0.29, 0.717) is 11.3 Å². The summed E-state index contributed by atoms with van der Waals surface area (Å²) in [4.78, 5) is 0. The Morgan fingerprint density at radius 2 is 2.00 bits per heavy atom. The van der Waals surface area contributed by atoms with Crippen molar-refractivity contribution in [3.8, 4) is 0 Å². The molecule has 3 nitrogen and oxygen atoms in total. The summed E-state index contributed by atoms with van der Waals surface area (Å²) in [6.45, 7) is 3.71. The van der Waals surface area contributed by atoms with E-state index < -0.39 is 6.10 Å². The van der Waals surface area contributed by atoms with Gasteiger partial charge in [-0.2, -0.15) is 0 Å². The predicted molar refractivity (Wildman–Crippen MR) is 54.2 cm³/mol. The minimum atomic E-state index is -0.680. The molecule has 0 aliphatic heterocycles. The van der Waals surface area contributed by atoms with Crippen LogP contribution in [0.4, 0.5) is 5.69 Å². The second-order valence-electron chi connectivity index (χ2n) is 3.44. The maximum absolute atomic E-state index is 9.66. The van der Waals surface area contributed by atoms with Gasteiger partial charge in [0.2, 0.25) is 0 Å². The Kier molecular flexibility index (Phi) is 2.90. The van der Waals surface area contributed by atoms with Crippen LogP contribution in [-0.2, 0) is 0 Å². The first-order valence-corrected chi connectivity index (χ1v) is 4.32. The monoisotopic (exact) mass is 180 g/mol. The van der Waals surface area contributed by atoms with Crippen LogP contribution in [0.1, 0.15) is 24.2 Å². The smallest absolute Gasteiger partial charge is 0.0957 e. The van der Waals surface area contributed by atoms with Crippen LogP contribution in [-0.4, -0.2) is 11.1 Å². The highest BCUT2D eigenvalue weighted by molar-refractivity contribution is 5.50. The number of aliphatic hydroxyl groups excluding tert-OH is 1. The number of hydrogen-bond donors (Lipinski definition) is 3. The zero-order valence-electron chi connectivity index (χ0n) is 7.99. The minimum Gasteiger partial charge on any atom is -0.398 e. The van der Waals surface area contributed by atoms with Crippen LogP contribution >= 0.6 is 0 Å². The highest BCUT2D eigenvalue weighted by Gasteiger charge is 2.14. The summed E-state index contributed by atoms with van der Waals surface area (Å²) in [6, 6.07) is 5.27. The van der Waals surface area contributed by atoms with Gasteiger partial charge in [-0.3, -0.25) is 0 Å². The summed E-state index contributed by atoms with van der Waals surface area (Å²) in [5.74, 6) is 0. The Balaban J connectivity index is 3.01. The summed E-state index contributed by atoms with van der Waals surface area (Å²) < 4.78 is 0. The summed E-state index contributed by atoms with van der Waals surface area (Å²) in [5, 5.41) is 9.66. The lowest BCUT2D eigenvalue weighted by atomic mass is 10.0. The maximum Gasteiger partial charge on any atom is 0.0957 e. The number of aryl methyl sites for hydroxylation is 1. The van der Waals surface area contributed by atoms with Gasteiger partial charge in [-0.25, -0.2) is 0 Å². The molecule has 0 bridgehead atoms. The molecule has 1 aromatic carbocycles. The number of nitrogens with two attached hydrogens (primary N) is 2. The molecular weight excluding hydrogens is 164 g/mol. The molecule has 0 aliphatic carbocycles. The Bertz CT molecular complexity index is 297. The zero-order chi connectivity index (χ0) is 10.0. The van der Waals surface area contributed by atoms with Gasteiger partial charge in [0, 0.05) is 17.3 Å². The summed E-state index contributed by atoms with van der Waals surface area (Å²) in [7, 11) is 0. The first-order valence-electron chi connectivity index (χ1n) is 4.32. The average molecular weight is 180 g/mol. The van der Waals surface area contributed by atoms with Gasteiger partial charge in [0.15, 0.2) is 0 Å². The van der Waals surface area contributed by atoms with E-state index in [2.05, 4.69) is 0 Å². The van der Waals surface area contributed by atoms with Gasteiger partial charge in [0.1, 0.15) is 0 Å². The molecule has 0 radical (unpaired) electrons. The number of benzene rings is 1. The van der Waals surface area contributed by atoms with Crippen molar-refractivity contribution in [3.63, 3.8) is 0 Å². The number of anilines is 1. The molecule has 0 aromatic heterocycles. The lowest BCUT2D eigenvalue weighted by Crippen LogP contribution is -2.25. The Labute approximate surface area is 78.4 Å². The fraction of sp³-hybridized carbons (Fsp3) is 0.400. The summed E-state index contributed by atoms with van der Waals surface area (Å²) in [5.41, 5.74) is 13.7. The van der Waals surface area contributed by atoms with E-state index >= 15 is 0 Å². The van der Waals surface area contributed by atoms with Crippen LogP contribution < -0.4 is 11.5 Å². The van der Waals surface area contributed by atoms with Crippen LogP contribution in [0.15, 0.2) is 18.2 Å². The number of nitrogen functional groups attached to an aromatic ring is 1. The molecule has 0 heterocycles. The van der Waals surface area contributed by atoms with Crippen molar-refractivity contribution in [2.75, 3.05) is 5.73 Å². The molecule has 1 aromatic rings. The molecule has 5 N–H and O–H groups in total. The molecule has 2 atom stereocenters. The third-order valence-corrected chi connectivity index (χ3v) is 2.06. The number of aliphatic hydroxyl groups is 1. The molecule has 0 saturated carbocycles. The second-order valence-corrected chi connectivity index (χ2v) is 3.44. The predicted octanol–water partition coefficient (Wildman–Crippen LogP) is 0.958. The van der Waals surface area contributed by atoms with Gasteiger partial charge < -0.3 is 16.6 Å². The molecular formula is C10H16N2O. The standard InChI is InChI=1S/C10H16N2O/c1-6-3-4-8(9(12)5-6)10(13)7(2)11/h3-5,7,10,13H,11-12H2,1-2H3/t7-,10-/m0/s1. The maximum atomic E-state index is 9.66. The average Bonchev–Trinajstić information content (AvgIpc) is 2.03. The van der Waals surface area contributed by atoms with Crippen molar-refractivity contribution in [1.82, 2.24) is 0 Å². The van der Waals surface area contributed by atoms with Crippen LogP contribution in [0.2, 0.25) is 0 Å². The quantitative estimate of drug-likeness (QED) is 0.593. The molecule has 0 saturated heterocycles. The van der Waals surface area contributed by atoms with Gasteiger partial charge in [0.25, 0.3) is 0 Å². The second kappa shape index (κ2) is 3.77. The van der Waals surface area contributed by atoms with E-state index in [1.54, 1.807) is 6.92 Å². The molecule has 13 heavy (non-hydrogen) atoms. The first-order chi connectivity index (χ1) is 6.02. The molecule has 72 valence electrons. The van der Waals surface area contributed by atoms with Crippen molar-refractivity contribution in [1.29, 1.82) is 0 Å². The Morgan fingerprint density at radius 3 is 2.46 bits per heavy atom. The van der Waals surface area contributed by atoms with Crippen LogP contribution in [0.5, 0.6) is 0 Å². The van der Waals surface area contributed by atoms with Crippen molar-refractivity contribution in [2.24, 2.45) is 5.73 Å². The van der Waals surface area contributed by atoms with E-state index in [0.717, 1.165) is 5.56 Å². The van der Waals surface area contributed by atoms with E-state index in [-0.39, 0.29) is 6.04 Å². The van der Waals surface area contributed by atoms with Crippen molar-refractivity contribution in [2.45, 2.75) is 26.0 Å². The molecule has 3 heteroatoms. The minimum absolute atomic E-state index is 0.301. The van der Waals surface area contributed by atoms with Gasteiger partial charge in [-0.1, -0.05) is 12.1 Å². The first kappa shape index (κ1) is 10.0. The van der Waals surface area contributed by atoms with Crippen molar-refractivity contribution < 1.29 is 5.11 Å². The number of rotatable bonds is 2. The molecule has 0 unspecified atom stereocenters. The highest BCUT2D eigenvalue weighted by atomic mass is 16.3. The van der Waals surface area contributed by atoms with Crippen molar-refractivity contribution in [3.05, 3.63) is 29.3 Å². The zero-order valence-corrected chi connectivity index (χ0v) is 7.99. The van der Waals surface area contributed by atoms with Gasteiger partial charge in [-0.05, 0) is 25.5 Å². The summed E-state index contributed by atoms with van der Waals surface area (Å²) in [6.07, 6.45) is -0.680. The van der Waals surface area contributed by atoms with Crippen LogP contribution in [0.3, 0.4) is 0 Å². The lowest BCUT2D eigenvalue weighted by Gasteiger charge is -2.17. The van der Waals surface area contributed by atoms with Gasteiger partial charge >= 0.3 is 0 Å². The Hall–Kier alpha value is -1.06. The largest absolute Gasteiger partial charge is 0.398 e. The SMILES string of the molecule is Cc1ccc([C@@H](O)[C@H](C)N)c(N)c1. The van der Waals surface area contributed by atoms with E-state index in [4.69, 9.17) is 11.5 Å². The van der Waals surface area contributed by atoms with Crippen LogP contribution in [0.25, 0.3) is 0 Å². The topological polar surface area (TPSA) is 72.3 Å². The molecule has 0 fully saturated rings. The fourth-order valence-electron chi connectivity index (χ4n) is 1.25. The molecule has 0 spiro atoms. The third-order valence-electron chi connectivity index (χ3n) is 2.06.